The van der Waals surface area contributed by atoms with E-state index < -0.39 is 10.0 Å². The van der Waals surface area contributed by atoms with Gasteiger partial charge in [-0.05, 0) is 17.9 Å². The Morgan fingerprint density at radius 1 is 1.47 bits per heavy atom. The molecule has 1 aromatic rings. The molecule has 19 heavy (non-hydrogen) atoms. The van der Waals surface area contributed by atoms with Crippen LogP contribution in [0.1, 0.15) is 39.8 Å². The Bertz CT molecular complexity index is 546. The van der Waals surface area contributed by atoms with Crippen LogP contribution in [0.5, 0.6) is 0 Å². The van der Waals surface area contributed by atoms with E-state index in [0.29, 0.717) is 17.5 Å². The summed E-state index contributed by atoms with van der Waals surface area (Å²) in [6.07, 6.45) is 2.45. The smallest absolute Gasteiger partial charge is 0.242 e. The Morgan fingerprint density at radius 3 is 2.63 bits per heavy atom. The highest BCUT2D eigenvalue weighted by Gasteiger charge is 2.47. The largest absolute Gasteiger partial charge is 0.363 e. The fourth-order valence-corrected chi connectivity index (χ4v) is 3.34. The van der Waals surface area contributed by atoms with Crippen LogP contribution < -0.4 is 10.0 Å². The van der Waals surface area contributed by atoms with Crippen molar-refractivity contribution in [3.63, 3.8) is 0 Å². The fourth-order valence-electron chi connectivity index (χ4n) is 1.91. The predicted octanol–water partition coefficient (Wildman–Crippen LogP) is 1.59. The van der Waals surface area contributed by atoms with E-state index in [1.165, 1.54) is 0 Å². The van der Waals surface area contributed by atoms with Gasteiger partial charge in [-0.1, -0.05) is 27.7 Å². The van der Waals surface area contributed by atoms with Gasteiger partial charge in [0.25, 0.3) is 0 Å². The molecule has 1 unspecified atom stereocenters. The molecule has 0 radical (unpaired) electrons. The zero-order valence-corrected chi connectivity index (χ0v) is 12.8. The number of nitrogens with one attached hydrogen (secondary N) is 3. The van der Waals surface area contributed by atoms with Gasteiger partial charge in [-0.3, -0.25) is 0 Å². The molecule has 108 valence electrons. The normalized spacial score (nSPS) is 21.8. The van der Waals surface area contributed by atoms with Crippen LogP contribution in [0.15, 0.2) is 17.2 Å². The van der Waals surface area contributed by atoms with Gasteiger partial charge in [0.2, 0.25) is 10.0 Å². The van der Waals surface area contributed by atoms with Crippen LogP contribution in [0.3, 0.4) is 0 Å². The monoisotopic (exact) mass is 285 g/mol. The maximum absolute atomic E-state index is 12.2. The van der Waals surface area contributed by atoms with Crippen LogP contribution in [-0.2, 0) is 16.6 Å². The summed E-state index contributed by atoms with van der Waals surface area (Å²) in [6.45, 7) is 8.88. The number of sulfonamides is 1. The SMILES string of the molecule is CC(C)NCc1cc(S(=O)(=O)NC2CC2(C)C)c[nH]1. The molecular formula is C13H23N3O2S. The van der Waals surface area contributed by atoms with Crippen LogP contribution in [0.4, 0.5) is 0 Å². The molecule has 0 aromatic carbocycles. The van der Waals surface area contributed by atoms with Gasteiger partial charge in [0, 0.05) is 30.5 Å². The fraction of sp³-hybridized carbons (Fsp3) is 0.692. The molecule has 1 aromatic heterocycles. The molecule has 1 fully saturated rings. The van der Waals surface area contributed by atoms with Crippen LogP contribution in [-0.4, -0.2) is 25.5 Å². The van der Waals surface area contributed by atoms with E-state index >= 15 is 0 Å². The lowest BCUT2D eigenvalue weighted by Gasteiger charge is -2.06. The number of aromatic nitrogens is 1. The molecule has 5 nitrogen and oxygen atoms in total. The molecular weight excluding hydrogens is 262 g/mol. The third-order valence-electron chi connectivity index (χ3n) is 3.54. The lowest BCUT2D eigenvalue weighted by Crippen LogP contribution is -2.28. The molecule has 3 N–H and O–H groups in total. The van der Waals surface area contributed by atoms with Crippen molar-refractivity contribution in [2.24, 2.45) is 5.41 Å². The Morgan fingerprint density at radius 2 is 2.11 bits per heavy atom. The average molecular weight is 285 g/mol. The quantitative estimate of drug-likeness (QED) is 0.743. The first-order valence-electron chi connectivity index (χ1n) is 6.64. The van der Waals surface area contributed by atoms with E-state index in [9.17, 15) is 8.42 Å². The van der Waals surface area contributed by atoms with Crippen molar-refractivity contribution in [1.82, 2.24) is 15.0 Å². The van der Waals surface area contributed by atoms with Gasteiger partial charge in [-0.15, -0.1) is 0 Å². The molecule has 6 heteroatoms. The zero-order chi connectivity index (χ0) is 14.3. The van der Waals surface area contributed by atoms with Crippen molar-refractivity contribution >= 4 is 10.0 Å². The first-order valence-corrected chi connectivity index (χ1v) is 8.12. The molecule has 1 heterocycles. The van der Waals surface area contributed by atoms with Gasteiger partial charge in [-0.2, -0.15) is 0 Å². The first-order chi connectivity index (χ1) is 8.71. The van der Waals surface area contributed by atoms with Gasteiger partial charge in [-0.25, -0.2) is 13.1 Å². The number of aromatic amines is 1. The molecule has 1 saturated carbocycles. The molecule has 0 bridgehead atoms. The third-order valence-corrected chi connectivity index (χ3v) is 4.99. The maximum atomic E-state index is 12.2. The summed E-state index contributed by atoms with van der Waals surface area (Å²) in [7, 11) is -3.39. The summed E-state index contributed by atoms with van der Waals surface area (Å²) in [5.41, 5.74) is 0.968. The van der Waals surface area contributed by atoms with Gasteiger partial charge in [0.15, 0.2) is 0 Å². The lowest BCUT2D eigenvalue weighted by molar-refractivity contribution is 0.555. The number of rotatable bonds is 6. The zero-order valence-electron chi connectivity index (χ0n) is 11.9. The van der Waals surface area contributed by atoms with E-state index in [1.54, 1.807) is 12.3 Å². The number of H-pyrrole nitrogens is 1. The van der Waals surface area contributed by atoms with Crippen molar-refractivity contribution in [1.29, 1.82) is 0 Å². The Kier molecular flexibility index (Phi) is 3.77. The maximum Gasteiger partial charge on any atom is 0.242 e. The highest BCUT2D eigenvalue weighted by molar-refractivity contribution is 7.89. The highest BCUT2D eigenvalue weighted by atomic mass is 32.2. The highest BCUT2D eigenvalue weighted by Crippen LogP contribution is 2.45. The van der Waals surface area contributed by atoms with Gasteiger partial charge in [0.05, 0.1) is 4.90 Å². The standard InChI is InChI=1S/C13H23N3O2S/c1-9(2)14-7-10-5-11(8-15-10)19(17,18)16-12-6-13(12,3)4/h5,8-9,12,14-16H,6-7H2,1-4H3. The molecule has 0 aliphatic heterocycles. The Hall–Kier alpha value is -0.850. The second-order valence-electron chi connectivity index (χ2n) is 6.26. The summed E-state index contributed by atoms with van der Waals surface area (Å²) in [4.78, 5) is 3.32. The molecule has 0 saturated heterocycles. The van der Waals surface area contributed by atoms with Crippen molar-refractivity contribution in [3.05, 3.63) is 18.0 Å². The first kappa shape index (κ1) is 14.6. The number of hydrogen-bond donors (Lipinski definition) is 3. The molecule has 0 spiro atoms. The topological polar surface area (TPSA) is 74.0 Å². The van der Waals surface area contributed by atoms with E-state index in [4.69, 9.17) is 0 Å². The minimum Gasteiger partial charge on any atom is -0.363 e. The summed E-state index contributed by atoms with van der Waals surface area (Å²) in [5, 5.41) is 3.25. The number of hydrogen-bond acceptors (Lipinski definition) is 3. The molecule has 1 atom stereocenters. The average Bonchev–Trinajstić information content (AvgIpc) is 2.73. The summed E-state index contributed by atoms with van der Waals surface area (Å²) >= 11 is 0. The van der Waals surface area contributed by atoms with Crippen LogP contribution >= 0.6 is 0 Å². The van der Waals surface area contributed by atoms with Crippen LogP contribution in [0, 0.1) is 5.41 Å². The Balaban J connectivity index is 2.01. The van der Waals surface area contributed by atoms with E-state index in [2.05, 4.69) is 42.7 Å². The predicted molar refractivity (Wildman–Crippen MR) is 75.3 cm³/mol. The van der Waals surface area contributed by atoms with Crippen molar-refractivity contribution < 1.29 is 8.42 Å². The second-order valence-corrected chi connectivity index (χ2v) is 7.98. The molecule has 1 aliphatic rings. The van der Waals surface area contributed by atoms with E-state index in [1.807, 2.05) is 0 Å². The summed E-state index contributed by atoms with van der Waals surface area (Å²) in [6, 6.07) is 2.12. The Labute approximate surface area is 115 Å². The van der Waals surface area contributed by atoms with Gasteiger partial charge >= 0.3 is 0 Å². The molecule has 0 amide bonds. The van der Waals surface area contributed by atoms with Gasteiger partial charge < -0.3 is 10.3 Å². The van der Waals surface area contributed by atoms with Crippen molar-refractivity contribution in [2.75, 3.05) is 0 Å². The van der Waals surface area contributed by atoms with E-state index in [-0.39, 0.29) is 11.5 Å². The van der Waals surface area contributed by atoms with E-state index in [0.717, 1.165) is 12.1 Å². The summed E-state index contributed by atoms with van der Waals surface area (Å²) < 4.78 is 27.1. The lowest BCUT2D eigenvalue weighted by atomic mass is 10.2. The third kappa shape index (κ3) is 3.58. The van der Waals surface area contributed by atoms with Crippen LogP contribution in [0.25, 0.3) is 0 Å². The molecule has 1 aliphatic carbocycles. The van der Waals surface area contributed by atoms with Crippen molar-refractivity contribution in [2.45, 2.75) is 57.6 Å². The van der Waals surface area contributed by atoms with Crippen molar-refractivity contribution in [3.8, 4) is 0 Å². The minimum absolute atomic E-state index is 0.0599. The summed E-state index contributed by atoms with van der Waals surface area (Å²) in [5.74, 6) is 0. The second kappa shape index (κ2) is 4.92. The molecule has 2 rings (SSSR count). The van der Waals surface area contributed by atoms with Crippen LogP contribution in [0.2, 0.25) is 0 Å². The van der Waals surface area contributed by atoms with Gasteiger partial charge in [0.1, 0.15) is 0 Å². The minimum atomic E-state index is -3.39.